The van der Waals surface area contributed by atoms with E-state index in [0.29, 0.717) is 4.22 Å². The van der Waals surface area contributed by atoms with Gasteiger partial charge in [-0.15, -0.1) is 0 Å². The zero-order valence-electron chi connectivity index (χ0n) is 11.4. The molecule has 0 nitrogen and oxygen atoms in total. The van der Waals surface area contributed by atoms with Crippen LogP contribution in [0.3, 0.4) is 0 Å². The monoisotopic (exact) mass is 233 g/mol. The van der Waals surface area contributed by atoms with E-state index in [1.54, 1.807) is 0 Å². The quantitative estimate of drug-likeness (QED) is 0.479. The molecule has 0 unspecified atom stereocenters. The van der Waals surface area contributed by atoms with E-state index in [9.17, 15) is 0 Å². The molecule has 1 rings (SSSR count). The summed E-state index contributed by atoms with van der Waals surface area (Å²) in [5, 5.41) is 20.1. The van der Waals surface area contributed by atoms with Crippen molar-refractivity contribution in [2.75, 3.05) is 0 Å². The van der Waals surface area contributed by atoms with E-state index in [2.05, 4.69) is 66.1 Å². The Balaban J connectivity index is 3.92. The Labute approximate surface area is 80.5 Å². The average Bonchev–Trinajstić information content (AvgIpc) is 1.95. The van der Waals surface area contributed by atoms with E-state index in [4.69, 9.17) is 0 Å². The van der Waals surface area contributed by atoms with Gasteiger partial charge in [-0.05, 0) is 0 Å². The number of rotatable bonds is 1. The molecule has 0 bridgehead atoms. The predicted molar refractivity (Wildman–Crippen MR) is 68.9 cm³/mol. The summed E-state index contributed by atoms with van der Waals surface area (Å²) in [6.07, 6.45) is 9.10. The molecule has 0 saturated heterocycles. The molecule has 0 radical (unpaired) electrons. The van der Waals surface area contributed by atoms with Crippen LogP contribution in [0.1, 0.15) is 0 Å². The van der Waals surface area contributed by atoms with Gasteiger partial charge in [-0.2, -0.15) is 0 Å². The van der Waals surface area contributed by atoms with E-state index >= 15 is 0 Å². The Morgan fingerprint density at radius 3 is 1.07 bits per heavy atom. The van der Waals surface area contributed by atoms with Gasteiger partial charge in [-0.25, -0.2) is 0 Å². The zero-order chi connectivity index (χ0) is 11.7. The summed E-state index contributed by atoms with van der Waals surface area (Å²) in [5.74, 6) is 0. The molecule has 0 amide bonds. The van der Waals surface area contributed by atoms with Crippen LogP contribution >= 0.6 is 0 Å². The van der Waals surface area contributed by atoms with Crippen molar-refractivity contribution >= 4 is 0 Å². The van der Waals surface area contributed by atoms with Crippen LogP contribution in [0.2, 0.25) is 46.1 Å². The molecule has 0 aliphatic heterocycles. The fourth-order valence-electron chi connectivity index (χ4n) is 1.97. The first-order valence-electron chi connectivity index (χ1n) is 5.96. The maximum atomic E-state index is 2.52. The Morgan fingerprint density at radius 1 is 0.643 bits per heavy atom. The van der Waals surface area contributed by atoms with Gasteiger partial charge in [0.2, 0.25) is 0 Å². The average molecular weight is 233 g/mol. The van der Waals surface area contributed by atoms with Gasteiger partial charge in [0.15, 0.2) is 0 Å². The van der Waals surface area contributed by atoms with Crippen molar-refractivity contribution in [2.24, 2.45) is 0 Å². The molecule has 0 spiro atoms. The molecule has 1 aliphatic rings. The van der Waals surface area contributed by atoms with Gasteiger partial charge in [0.25, 0.3) is 0 Å². The van der Waals surface area contributed by atoms with Gasteiger partial charge in [-0.3, -0.25) is 0 Å². The summed E-state index contributed by atoms with van der Waals surface area (Å²) >= 11 is 0. The fraction of sp³-hybridized carbons (Fsp3) is 0.692. The van der Waals surface area contributed by atoms with Crippen LogP contribution in [0.15, 0.2) is 24.3 Å². The molecule has 0 aromatic carbocycles. The van der Waals surface area contributed by atoms with Crippen LogP contribution in [0.4, 0.5) is 0 Å². The number of hydrogen-bond donors (Lipinski definition) is 0. The van der Waals surface area contributed by atoms with Gasteiger partial charge in [-0.1, -0.05) is 0 Å². The molecule has 0 saturated carbocycles. The second kappa shape index (κ2) is 1.05. The molecule has 1 aliphatic carbocycles. The normalized spacial score (nSPS) is 33.3. The molecular weight excluding hydrogens is 204 g/mol. The SMILES string of the molecule is [CH3][Ti]([CH3])([CH3])([CH3])([CH3])([CH3])([CH3])([CH3])[CH]1C=CC=C1. The summed E-state index contributed by atoms with van der Waals surface area (Å²) in [5.41, 5.74) is 0. The second-order valence-corrected chi connectivity index (χ2v) is 69.6. The molecule has 0 aromatic heterocycles. The fourth-order valence-corrected chi connectivity index (χ4v) is 7.13. The Bertz CT molecular complexity index is 377. The van der Waals surface area contributed by atoms with Crippen LogP contribution < -0.4 is 0 Å². The van der Waals surface area contributed by atoms with Crippen molar-refractivity contribution in [2.45, 2.75) is 46.1 Å². The van der Waals surface area contributed by atoms with E-state index in [-0.39, 0.29) is 0 Å². The molecule has 0 fully saturated rings. The number of hydrogen-bond acceptors (Lipinski definition) is 0. The molecule has 0 atom stereocenters. The summed E-state index contributed by atoms with van der Waals surface area (Å²) in [7, 11) is -4.23. The van der Waals surface area contributed by atoms with E-state index < -0.39 is 10.2 Å². The van der Waals surface area contributed by atoms with E-state index in [1.165, 1.54) is 0 Å². The van der Waals surface area contributed by atoms with Crippen LogP contribution in [-0.4, -0.2) is 0 Å². The summed E-state index contributed by atoms with van der Waals surface area (Å²) in [6, 6.07) is 0. The van der Waals surface area contributed by atoms with Gasteiger partial charge in [0.1, 0.15) is 0 Å². The maximum absolute atomic E-state index is 4.23. The van der Waals surface area contributed by atoms with Crippen molar-refractivity contribution in [3.63, 3.8) is 0 Å². The molecule has 14 heavy (non-hydrogen) atoms. The first kappa shape index (κ1) is 12.3. The van der Waals surface area contributed by atoms with Crippen molar-refractivity contribution in [1.82, 2.24) is 0 Å². The Kier molecular flexibility index (Phi) is 0.921. The third-order valence-electron chi connectivity index (χ3n) is 3.41. The van der Waals surface area contributed by atoms with Gasteiger partial charge in [0, 0.05) is 0 Å². The summed E-state index contributed by atoms with van der Waals surface area (Å²) in [4.78, 5) is 0. The van der Waals surface area contributed by atoms with Crippen LogP contribution in [0.25, 0.3) is 0 Å². The summed E-state index contributed by atoms with van der Waals surface area (Å²) in [6.45, 7) is 0. The van der Waals surface area contributed by atoms with Crippen LogP contribution in [0, 0.1) is 0 Å². The number of allylic oxidation sites excluding steroid dienone is 4. The molecule has 0 heterocycles. The first-order chi connectivity index (χ1) is 5.18. The van der Waals surface area contributed by atoms with Gasteiger partial charge >= 0.3 is 80.5 Å². The standard InChI is InChI=1S/C5H5.8CH3.Ti/c1-2-4-5-3-1;;;;;;;;;/h1-5H;8*1H3;. The Morgan fingerprint density at radius 2 is 0.929 bits per heavy atom. The van der Waals surface area contributed by atoms with Crippen LogP contribution in [0.5, 0.6) is 0 Å². The van der Waals surface area contributed by atoms with Crippen molar-refractivity contribution in [3.05, 3.63) is 24.3 Å². The second-order valence-electron chi connectivity index (χ2n) is 17.6. The van der Waals surface area contributed by atoms with Crippen molar-refractivity contribution in [1.29, 1.82) is 0 Å². The Hall–Kier alpha value is 0.194. The molecule has 85 valence electrons. The molecular formula is C13H29Ti. The minimum absolute atomic E-state index is 0.537. The molecule has 1 heteroatoms. The third-order valence-corrected chi connectivity index (χ3v) is 12.3. The van der Waals surface area contributed by atoms with Gasteiger partial charge in [0.05, 0.1) is 0 Å². The van der Waals surface area contributed by atoms with Gasteiger partial charge < -0.3 is 0 Å². The molecule has 0 N–H and O–H groups in total. The predicted octanol–water partition coefficient (Wildman–Crippen LogP) is 6.12. The van der Waals surface area contributed by atoms with Crippen molar-refractivity contribution < 1.29 is 10.2 Å². The van der Waals surface area contributed by atoms with Crippen molar-refractivity contribution in [3.8, 4) is 0 Å². The first-order valence-corrected chi connectivity index (χ1v) is 19.3. The van der Waals surface area contributed by atoms with E-state index in [1.807, 2.05) is 0 Å². The summed E-state index contributed by atoms with van der Waals surface area (Å²) < 4.78 is 0.537. The minimum atomic E-state index is -4.23. The molecule has 0 aromatic rings. The third kappa shape index (κ3) is 2.84. The van der Waals surface area contributed by atoms with E-state index in [0.717, 1.165) is 0 Å². The zero-order valence-corrected chi connectivity index (χ0v) is 12.9. The topological polar surface area (TPSA) is 0 Å². The van der Waals surface area contributed by atoms with Crippen LogP contribution in [-0.2, 0) is 10.2 Å².